The summed E-state index contributed by atoms with van der Waals surface area (Å²) in [6.45, 7) is 16.4. The molecular formula is C25H26N4. The molecule has 4 nitrogen and oxygen atoms in total. The van der Waals surface area contributed by atoms with Gasteiger partial charge in [0.2, 0.25) is 0 Å². The number of rotatable bonds is 3. The molecule has 1 fully saturated rings. The van der Waals surface area contributed by atoms with Crippen molar-refractivity contribution in [3.8, 4) is 11.8 Å². The Morgan fingerprint density at radius 3 is 2.79 bits per heavy atom. The number of aromatic nitrogens is 1. The van der Waals surface area contributed by atoms with Gasteiger partial charge in [-0.15, -0.1) is 0 Å². The first kappa shape index (κ1) is 18.9. The predicted molar refractivity (Wildman–Crippen MR) is 119 cm³/mol. The van der Waals surface area contributed by atoms with Gasteiger partial charge in [0.25, 0.3) is 0 Å². The molecule has 29 heavy (non-hydrogen) atoms. The molecule has 2 aliphatic heterocycles. The number of hydrogen-bond donors (Lipinski definition) is 2. The molecule has 1 atom stereocenters. The van der Waals surface area contributed by atoms with Gasteiger partial charge < -0.3 is 15.5 Å². The van der Waals surface area contributed by atoms with Crippen LogP contribution in [0.3, 0.4) is 0 Å². The van der Waals surface area contributed by atoms with Crippen molar-refractivity contribution in [2.75, 3.05) is 13.1 Å². The third kappa shape index (κ3) is 3.64. The monoisotopic (exact) mass is 382 g/mol. The lowest BCUT2D eigenvalue weighted by Gasteiger charge is -2.38. The molecule has 0 spiro atoms. The van der Waals surface area contributed by atoms with Crippen LogP contribution in [-0.2, 0) is 12.8 Å². The van der Waals surface area contributed by atoms with Gasteiger partial charge in [-0.2, -0.15) is 0 Å². The van der Waals surface area contributed by atoms with Crippen LogP contribution in [-0.4, -0.2) is 28.5 Å². The molecule has 1 aromatic carbocycles. The highest BCUT2D eigenvalue weighted by Gasteiger charge is 2.40. The molecule has 1 aromatic heterocycles. The average Bonchev–Trinajstić information content (AvgIpc) is 3.02. The van der Waals surface area contributed by atoms with Gasteiger partial charge in [-0.1, -0.05) is 50.6 Å². The van der Waals surface area contributed by atoms with Crippen LogP contribution in [0.15, 0.2) is 74.0 Å². The molecular weight excluding hydrogens is 356 g/mol. The van der Waals surface area contributed by atoms with Crippen LogP contribution in [0, 0.1) is 11.8 Å². The quantitative estimate of drug-likeness (QED) is 0.798. The Labute approximate surface area is 173 Å². The van der Waals surface area contributed by atoms with Crippen molar-refractivity contribution in [1.82, 2.24) is 20.5 Å². The summed E-state index contributed by atoms with van der Waals surface area (Å²) in [6.07, 6.45) is 5.52. The molecule has 4 heteroatoms. The molecule has 146 valence electrons. The third-order valence-corrected chi connectivity index (χ3v) is 5.62. The predicted octanol–water partition coefficient (Wildman–Crippen LogP) is 3.44. The fraction of sp³-hybridized carbons (Fsp3) is 0.240. The summed E-state index contributed by atoms with van der Waals surface area (Å²) in [5.74, 6) is 7.36. The maximum Gasteiger partial charge on any atom is 0.158 e. The minimum Gasteiger partial charge on any atom is -0.367 e. The van der Waals surface area contributed by atoms with E-state index in [0.29, 0.717) is 12.4 Å². The number of aryl methyl sites for hydroxylation is 1. The van der Waals surface area contributed by atoms with Gasteiger partial charge in [-0.05, 0) is 42.2 Å². The molecule has 3 heterocycles. The number of hydrogen-bond acceptors (Lipinski definition) is 4. The summed E-state index contributed by atoms with van der Waals surface area (Å²) in [7, 11) is 0. The van der Waals surface area contributed by atoms with E-state index in [9.17, 15) is 0 Å². The van der Waals surface area contributed by atoms with E-state index in [-0.39, 0.29) is 0 Å². The van der Waals surface area contributed by atoms with Crippen molar-refractivity contribution < 1.29 is 0 Å². The van der Waals surface area contributed by atoms with Crippen molar-refractivity contribution in [1.29, 1.82) is 0 Å². The Morgan fingerprint density at radius 1 is 1.24 bits per heavy atom. The van der Waals surface area contributed by atoms with Crippen molar-refractivity contribution in [2.24, 2.45) is 0 Å². The van der Waals surface area contributed by atoms with Crippen molar-refractivity contribution in [2.45, 2.75) is 25.3 Å². The fourth-order valence-electron chi connectivity index (χ4n) is 3.90. The van der Waals surface area contributed by atoms with Crippen LogP contribution < -0.4 is 10.6 Å². The molecule has 2 aromatic rings. The Morgan fingerprint density at radius 2 is 2.10 bits per heavy atom. The summed E-state index contributed by atoms with van der Waals surface area (Å²) in [5, 5.41) is 6.63. The summed E-state index contributed by atoms with van der Waals surface area (Å²) >= 11 is 0. The van der Waals surface area contributed by atoms with E-state index in [2.05, 4.69) is 77.2 Å². The normalized spacial score (nSPS) is 20.4. The molecule has 4 rings (SSSR count). The van der Waals surface area contributed by atoms with E-state index >= 15 is 0 Å². The summed E-state index contributed by atoms with van der Waals surface area (Å²) in [5.41, 5.74) is 6.00. The smallest absolute Gasteiger partial charge is 0.158 e. The van der Waals surface area contributed by atoms with Crippen LogP contribution in [0.25, 0.3) is 5.70 Å². The van der Waals surface area contributed by atoms with E-state index < -0.39 is 5.54 Å². The lowest BCUT2D eigenvalue weighted by molar-refractivity contribution is 0.333. The topological polar surface area (TPSA) is 40.2 Å². The first-order valence-corrected chi connectivity index (χ1v) is 9.93. The van der Waals surface area contributed by atoms with Crippen LogP contribution in [0.4, 0.5) is 0 Å². The molecule has 0 bridgehead atoms. The van der Waals surface area contributed by atoms with Gasteiger partial charge in [-0.3, -0.25) is 4.98 Å². The zero-order chi connectivity index (χ0) is 20.4. The van der Waals surface area contributed by atoms with Gasteiger partial charge in [0, 0.05) is 41.5 Å². The second-order valence-corrected chi connectivity index (χ2v) is 7.57. The number of benzene rings is 1. The molecule has 1 unspecified atom stereocenters. The van der Waals surface area contributed by atoms with Crippen LogP contribution >= 0.6 is 0 Å². The Bertz CT molecular complexity index is 1040. The molecule has 0 saturated carbocycles. The molecule has 2 aliphatic rings. The fourth-order valence-corrected chi connectivity index (χ4v) is 3.90. The highest BCUT2D eigenvalue weighted by molar-refractivity contribution is 5.68. The molecule has 2 N–H and O–H groups in total. The SMILES string of the molecule is C=C1NC(=C)C(C#Cc2cccnc2)(CN2CCc3ccc(CC)cc3C2=C)N1. The second-order valence-electron chi connectivity index (χ2n) is 7.57. The van der Waals surface area contributed by atoms with Gasteiger partial charge in [0.05, 0.1) is 12.4 Å². The summed E-state index contributed by atoms with van der Waals surface area (Å²) < 4.78 is 0. The zero-order valence-corrected chi connectivity index (χ0v) is 16.9. The number of nitrogens with one attached hydrogen (secondary N) is 2. The lowest BCUT2D eigenvalue weighted by Crippen LogP contribution is -2.50. The average molecular weight is 383 g/mol. The second kappa shape index (κ2) is 7.52. The van der Waals surface area contributed by atoms with Crippen LogP contribution in [0.1, 0.15) is 29.2 Å². The maximum absolute atomic E-state index is 4.42. The maximum atomic E-state index is 4.42. The minimum atomic E-state index is -0.643. The first-order chi connectivity index (χ1) is 14.0. The third-order valence-electron chi connectivity index (χ3n) is 5.62. The van der Waals surface area contributed by atoms with E-state index in [1.54, 1.807) is 12.4 Å². The van der Waals surface area contributed by atoms with Crippen LogP contribution in [0.5, 0.6) is 0 Å². The summed E-state index contributed by atoms with van der Waals surface area (Å²) in [6, 6.07) is 10.6. The van der Waals surface area contributed by atoms with Crippen molar-refractivity contribution >= 4 is 5.70 Å². The van der Waals surface area contributed by atoms with E-state index in [0.717, 1.165) is 36.3 Å². The first-order valence-electron chi connectivity index (χ1n) is 9.93. The Balaban J connectivity index is 1.65. The van der Waals surface area contributed by atoms with Gasteiger partial charge in [-0.25, -0.2) is 0 Å². The highest BCUT2D eigenvalue weighted by atomic mass is 15.3. The Kier molecular flexibility index (Phi) is 4.90. The largest absolute Gasteiger partial charge is 0.367 e. The zero-order valence-electron chi connectivity index (χ0n) is 16.9. The number of fused-ring (bicyclic) bond motifs is 1. The minimum absolute atomic E-state index is 0.639. The van der Waals surface area contributed by atoms with Gasteiger partial charge >= 0.3 is 0 Å². The summed E-state index contributed by atoms with van der Waals surface area (Å²) in [4.78, 5) is 6.46. The standard InChI is InChI=1S/C25H26N4/c1-5-21-8-9-23-11-14-29(18(2)24(23)15-21)17-25(19(3)27-20(4)28-25)12-10-22-7-6-13-26-16-22/h6-9,13,15-16,27-28H,2-5,11,14,17H2,1H3. The van der Waals surface area contributed by atoms with E-state index in [4.69, 9.17) is 0 Å². The van der Waals surface area contributed by atoms with E-state index in [1.807, 2.05) is 12.1 Å². The molecule has 1 saturated heterocycles. The van der Waals surface area contributed by atoms with E-state index in [1.165, 1.54) is 16.7 Å². The number of pyridine rings is 1. The van der Waals surface area contributed by atoms with Crippen molar-refractivity contribution in [3.05, 3.63) is 96.2 Å². The lowest BCUT2D eigenvalue weighted by atomic mass is 9.91. The van der Waals surface area contributed by atoms with Gasteiger partial charge in [0.15, 0.2) is 5.54 Å². The molecule has 0 radical (unpaired) electrons. The van der Waals surface area contributed by atoms with Crippen molar-refractivity contribution in [3.63, 3.8) is 0 Å². The highest BCUT2D eigenvalue weighted by Crippen LogP contribution is 2.32. The number of nitrogens with zero attached hydrogens (tertiary/aromatic N) is 2. The van der Waals surface area contributed by atoms with Gasteiger partial charge in [0.1, 0.15) is 0 Å². The molecule has 0 aliphatic carbocycles. The Hall–Kier alpha value is -3.45. The van der Waals surface area contributed by atoms with Crippen LogP contribution in [0.2, 0.25) is 0 Å². The molecule has 0 amide bonds.